The normalized spacial score (nSPS) is 22.4. The Labute approximate surface area is 205 Å². The minimum Gasteiger partial charge on any atom is -0.466 e. The van der Waals surface area contributed by atoms with Crippen LogP contribution < -0.4 is 0 Å². The van der Waals surface area contributed by atoms with Gasteiger partial charge in [-0.25, -0.2) is 4.79 Å². The summed E-state index contributed by atoms with van der Waals surface area (Å²) < 4.78 is 4.66. The van der Waals surface area contributed by atoms with Crippen molar-refractivity contribution in [3.63, 3.8) is 0 Å². The van der Waals surface area contributed by atoms with E-state index in [1.807, 2.05) is 0 Å². The summed E-state index contributed by atoms with van der Waals surface area (Å²) in [5.74, 6) is -0.331. The first-order chi connectivity index (χ1) is 16.5. The van der Waals surface area contributed by atoms with Crippen LogP contribution in [-0.4, -0.2) is 66.0 Å². The molecule has 0 radical (unpaired) electrons. The maximum atomic E-state index is 11.3. The van der Waals surface area contributed by atoms with Crippen LogP contribution in [0.5, 0.6) is 0 Å². The summed E-state index contributed by atoms with van der Waals surface area (Å²) in [6.45, 7) is 12.4. The molecule has 2 aliphatic heterocycles. The van der Waals surface area contributed by atoms with Crippen LogP contribution in [0.25, 0.3) is 6.08 Å². The second-order valence-corrected chi connectivity index (χ2v) is 9.97. The zero-order valence-electron chi connectivity index (χ0n) is 21.0. The van der Waals surface area contributed by atoms with E-state index in [1.54, 1.807) is 6.08 Å². The molecule has 5 nitrogen and oxygen atoms in total. The van der Waals surface area contributed by atoms with Gasteiger partial charge in [0.05, 0.1) is 7.11 Å². The van der Waals surface area contributed by atoms with Crippen LogP contribution in [0, 0.1) is 0 Å². The SMILES string of the molecule is COC(=O)/C=C/c1ccc(CN2[C@H](C)CN(Cc3cccc(CN4CCCC4)c3)C[C@@H]2C)cc1. The number of hydrogen-bond donors (Lipinski definition) is 0. The molecule has 2 aliphatic rings. The molecule has 2 fully saturated rings. The van der Waals surface area contributed by atoms with Crippen LogP contribution in [0.15, 0.2) is 54.6 Å². The van der Waals surface area contributed by atoms with E-state index in [4.69, 9.17) is 0 Å². The second-order valence-electron chi connectivity index (χ2n) is 9.97. The Kier molecular flexibility index (Phi) is 8.54. The molecule has 2 aromatic carbocycles. The van der Waals surface area contributed by atoms with Gasteiger partial charge in [-0.1, -0.05) is 48.5 Å². The highest BCUT2D eigenvalue weighted by molar-refractivity contribution is 5.86. The third-order valence-corrected chi connectivity index (χ3v) is 7.14. The Bertz CT molecular complexity index is 954. The molecule has 182 valence electrons. The molecule has 2 atom stereocenters. The molecule has 2 aromatic rings. The molecular weight excluding hydrogens is 422 g/mol. The molecule has 0 amide bonds. The van der Waals surface area contributed by atoms with Gasteiger partial charge in [0.25, 0.3) is 0 Å². The minimum absolute atomic E-state index is 0.331. The molecule has 0 saturated carbocycles. The molecule has 0 spiro atoms. The third-order valence-electron chi connectivity index (χ3n) is 7.14. The molecular formula is C29H39N3O2. The van der Waals surface area contributed by atoms with Gasteiger partial charge in [0, 0.05) is 50.9 Å². The smallest absolute Gasteiger partial charge is 0.330 e. The van der Waals surface area contributed by atoms with Crippen molar-refractivity contribution in [2.75, 3.05) is 33.3 Å². The number of nitrogens with zero attached hydrogens (tertiary/aromatic N) is 3. The van der Waals surface area contributed by atoms with Gasteiger partial charge in [0.2, 0.25) is 0 Å². The summed E-state index contributed by atoms with van der Waals surface area (Å²) in [5.41, 5.74) is 5.19. The standard InChI is InChI=1S/C29H39N3O2/c1-23-18-31(21-28-8-6-7-27(17-28)20-30-15-4-5-16-30)19-24(2)32(23)22-26-11-9-25(10-12-26)13-14-29(33)34-3/h6-14,17,23-24H,4-5,15-16,18-22H2,1-3H3/b14-13+/t23-,24+. The van der Waals surface area contributed by atoms with E-state index < -0.39 is 0 Å². The molecule has 0 unspecified atom stereocenters. The minimum atomic E-state index is -0.331. The van der Waals surface area contributed by atoms with E-state index in [2.05, 4.69) is 81.8 Å². The monoisotopic (exact) mass is 461 g/mol. The number of hydrogen-bond acceptors (Lipinski definition) is 5. The van der Waals surface area contributed by atoms with Crippen molar-refractivity contribution in [2.24, 2.45) is 0 Å². The van der Waals surface area contributed by atoms with E-state index in [0.29, 0.717) is 12.1 Å². The van der Waals surface area contributed by atoms with Crippen molar-refractivity contribution in [3.8, 4) is 0 Å². The summed E-state index contributed by atoms with van der Waals surface area (Å²) >= 11 is 0. The van der Waals surface area contributed by atoms with Crippen LogP contribution >= 0.6 is 0 Å². The Morgan fingerprint density at radius 2 is 1.50 bits per heavy atom. The number of esters is 1. The highest BCUT2D eigenvalue weighted by Crippen LogP contribution is 2.22. The zero-order chi connectivity index (χ0) is 23.9. The zero-order valence-corrected chi connectivity index (χ0v) is 21.0. The molecule has 5 heteroatoms. The van der Waals surface area contributed by atoms with Gasteiger partial charge < -0.3 is 4.74 Å². The number of rotatable bonds is 8. The molecule has 0 aliphatic carbocycles. The Hall–Kier alpha value is -2.47. The first-order valence-corrected chi connectivity index (χ1v) is 12.6. The van der Waals surface area contributed by atoms with Crippen LogP contribution in [0.2, 0.25) is 0 Å². The van der Waals surface area contributed by atoms with E-state index >= 15 is 0 Å². The number of carbonyl (C=O) groups is 1. The van der Waals surface area contributed by atoms with Crippen LogP contribution in [-0.2, 0) is 29.2 Å². The summed E-state index contributed by atoms with van der Waals surface area (Å²) in [4.78, 5) is 19.1. The van der Waals surface area contributed by atoms with Crippen molar-refractivity contribution in [1.29, 1.82) is 0 Å². The lowest BCUT2D eigenvalue weighted by Crippen LogP contribution is -2.55. The largest absolute Gasteiger partial charge is 0.466 e. The molecule has 4 rings (SSSR count). The highest BCUT2D eigenvalue weighted by Gasteiger charge is 2.29. The third kappa shape index (κ3) is 6.78. The van der Waals surface area contributed by atoms with Crippen LogP contribution in [0.4, 0.5) is 0 Å². The number of ether oxygens (including phenoxy) is 1. The summed E-state index contributed by atoms with van der Waals surface area (Å²) in [5, 5.41) is 0. The van der Waals surface area contributed by atoms with E-state index in [0.717, 1.165) is 38.3 Å². The average molecular weight is 462 g/mol. The van der Waals surface area contributed by atoms with Crippen molar-refractivity contribution >= 4 is 12.0 Å². The Morgan fingerprint density at radius 1 is 0.882 bits per heavy atom. The molecule has 2 saturated heterocycles. The highest BCUT2D eigenvalue weighted by atomic mass is 16.5. The van der Waals surface area contributed by atoms with Gasteiger partial charge in [0.15, 0.2) is 0 Å². The van der Waals surface area contributed by atoms with Gasteiger partial charge in [-0.2, -0.15) is 0 Å². The summed E-state index contributed by atoms with van der Waals surface area (Å²) in [6, 6.07) is 18.6. The molecule has 0 bridgehead atoms. The number of carbonyl (C=O) groups excluding carboxylic acids is 1. The quantitative estimate of drug-likeness (QED) is 0.425. The number of benzene rings is 2. The Balaban J connectivity index is 1.31. The number of methoxy groups -OCH3 is 1. The van der Waals surface area contributed by atoms with E-state index in [9.17, 15) is 4.79 Å². The lowest BCUT2D eigenvalue weighted by atomic mass is 10.0. The summed E-state index contributed by atoms with van der Waals surface area (Å²) in [6.07, 6.45) is 5.94. The fourth-order valence-corrected chi connectivity index (χ4v) is 5.37. The summed E-state index contributed by atoms with van der Waals surface area (Å²) in [7, 11) is 1.39. The maximum absolute atomic E-state index is 11.3. The fourth-order valence-electron chi connectivity index (χ4n) is 5.37. The second kappa shape index (κ2) is 11.8. The first-order valence-electron chi connectivity index (χ1n) is 12.6. The first kappa shape index (κ1) is 24.6. The molecule has 34 heavy (non-hydrogen) atoms. The van der Waals surface area contributed by atoms with Crippen molar-refractivity contribution < 1.29 is 9.53 Å². The predicted octanol–water partition coefficient (Wildman–Crippen LogP) is 4.56. The van der Waals surface area contributed by atoms with Gasteiger partial charge in [-0.15, -0.1) is 0 Å². The number of piperazine rings is 1. The lowest BCUT2D eigenvalue weighted by molar-refractivity contribution is -0.134. The van der Waals surface area contributed by atoms with Crippen molar-refractivity contribution in [3.05, 3.63) is 76.9 Å². The molecule has 0 aromatic heterocycles. The van der Waals surface area contributed by atoms with Gasteiger partial charge in [-0.3, -0.25) is 14.7 Å². The van der Waals surface area contributed by atoms with Crippen molar-refractivity contribution in [2.45, 2.75) is 58.4 Å². The van der Waals surface area contributed by atoms with Crippen molar-refractivity contribution in [1.82, 2.24) is 14.7 Å². The molecule has 0 N–H and O–H groups in total. The number of likely N-dealkylation sites (tertiary alicyclic amines) is 1. The topological polar surface area (TPSA) is 36.0 Å². The van der Waals surface area contributed by atoms with Gasteiger partial charge >= 0.3 is 5.97 Å². The average Bonchev–Trinajstić information content (AvgIpc) is 3.34. The maximum Gasteiger partial charge on any atom is 0.330 e. The van der Waals surface area contributed by atoms with Gasteiger partial charge in [0.1, 0.15) is 0 Å². The van der Waals surface area contributed by atoms with Crippen LogP contribution in [0.1, 0.15) is 48.9 Å². The van der Waals surface area contributed by atoms with Crippen LogP contribution in [0.3, 0.4) is 0 Å². The van der Waals surface area contributed by atoms with E-state index in [1.165, 1.54) is 55.8 Å². The van der Waals surface area contributed by atoms with Gasteiger partial charge in [-0.05, 0) is 68.1 Å². The fraction of sp³-hybridized carbons (Fsp3) is 0.483. The lowest BCUT2D eigenvalue weighted by Gasteiger charge is -2.44. The molecule has 2 heterocycles. The Morgan fingerprint density at radius 3 is 2.12 bits per heavy atom. The van der Waals surface area contributed by atoms with E-state index in [-0.39, 0.29) is 5.97 Å². The predicted molar refractivity (Wildman–Crippen MR) is 138 cm³/mol.